The zero-order chi connectivity index (χ0) is 21.8. The van der Waals surface area contributed by atoms with Gasteiger partial charge in [-0.2, -0.15) is 10.1 Å². The molecule has 31 heavy (non-hydrogen) atoms. The number of methoxy groups -OCH3 is 1. The molecule has 1 unspecified atom stereocenters. The van der Waals surface area contributed by atoms with Crippen molar-refractivity contribution in [3.05, 3.63) is 71.7 Å². The van der Waals surface area contributed by atoms with E-state index in [0.717, 1.165) is 17.7 Å². The molecule has 8 nitrogen and oxygen atoms in total. The Morgan fingerprint density at radius 1 is 1.19 bits per heavy atom. The highest BCUT2D eigenvalue weighted by molar-refractivity contribution is 6.06. The summed E-state index contributed by atoms with van der Waals surface area (Å²) in [5.41, 5.74) is 2.76. The van der Waals surface area contributed by atoms with Crippen LogP contribution in [0.15, 0.2) is 66.1 Å². The van der Waals surface area contributed by atoms with Gasteiger partial charge in [0.15, 0.2) is 0 Å². The molecule has 160 valence electrons. The molecule has 0 saturated carbocycles. The first-order valence-corrected chi connectivity index (χ1v) is 10.2. The summed E-state index contributed by atoms with van der Waals surface area (Å²) >= 11 is 0. The summed E-state index contributed by atoms with van der Waals surface area (Å²) in [5.74, 6) is 1.72. The minimum atomic E-state index is -0.436. The van der Waals surface area contributed by atoms with Crippen molar-refractivity contribution in [2.45, 2.75) is 26.3 Å². The molecule has 3 aromatic rings. The third kappa shape index (κ3) is 4.09. The van der Waals surface area contributed by atoms with Gasteiger partial charge in [-0.15, -0.1) is 0 Å². The van der Waals surface area contributed by atoms with Crippen LogP contribution < -0.4 is 20.1 Å². The summed E-state index contributed by atoms with van der Waals surface area (Å²) in [6.07, 6.45) is 2.41. The third-order valence-corrected chi connectivity index (χ3v) is 5.06. The van der Waals surface area contributed by atoms with Crippen molar-refractivity contribution in [3.8, 4) is 11.5 Å². The lowest BCUT2D eigenvalue weighted by Crippen LogP contribution is -2.31. The van der Waals surface area contributed by atoms with E-state index in [1.54, 1.807) is 23.9 Å². The summed E-state index contributed by atoms with van der Waals surface area (Å²) in [6, 6.07) is 14.6. The number of benzene rings is 2. The van der Waals surface area contributed by atoms with Crippen LogP contribution in [-0.4, -0.2) is 34.4 Å². The topological polar surface area (TPSA) is 90.3 Å². The molecule has 0 radical (unpaired) electrons. The number of nitrogens with one attached hydrogen (secondary N) is 2. The monoisotopic (exact) mass is 419 g/mol. The number of carbonyl (C=O) groups excluding carboxylic acids is 1. The van der Waals surface area contributed by atoms with Gasteiger partial charge < -0.3 is 20.1 Å². The molecule has 1 aromatic heterocycles. The maximum absolute atomic E-state index is 13.4. The van der Waals surface area contributed by atoms with Gasteiger partial charge in [0.25, 0.3) is 5.91 Å². The zero-order valence-corrected chi connectivity index (χ0v) is 17.8. The molecule has 2 heterocycles. The normalized spacial score (nSPS) is 15.1. The van der Waals surface area contributed by atoms with Crippen LogP contribution in [0.2, 0.25) is 0 Å². The highest BCUT2D eigenvalue weighted by Crippen LogP contribution is 2.36. The molecule has 0 fully saturated rings. The lowest BCUT2D eigenvalue weighted by atomic mass is 9.95. The zero-order valence-electron chi connectivity index (χ0n) is 17.8. The van der Waals surface area contributed by atoms with Crippen LogP contribution in [0.5, 0.6) is 11.5 Å². The second-order valence-corrected chi connectivity index (χ2v) is 7.17. The Hall–Kier alpha value is -3.81. The van der Waals surface area contributed by atoms with Crippen LogP contribution >= 0.6 is 0 Å². The number of carbonyl (C=O) groups is 1. The SMILES string of the molecule is CCCOc1ccc(C2C(C(=O)Nc3ccccc3OC)=C(C)Nc3ncnn32)cc1. The van der Waals surface area contributed by atoms with Crippen molar-refractivity contribution in [2.75, 3.05) is 24.4 Å². The molecule has 1 aliphatic heterocycles. The predicted octanol–water partition coefficient (Wildman–Crippen LogP) is 4.00. The van der Waals surface area contributed by atoms with Crippen molar-refractivity contribution in [2.24, 2.45) is 0 Å². The number of hydrogen-bond donors (Lipinski definition) is 2. The molecular weight excluding hydrogens is 394 g/mol. The lowest BCUT2D eigenvalue weighted by molar-refractivity contribution is -0.113. The van der Waals surface area contributed by atoms with Crippen LogP contribution in [0.1, 0.15) is 31.9 Å². The first-order chi connectivity index (χ1) is 15.1. The van der Waals surface area contributed by atoms with E-state index in [1.165, 1.54) is 6.33 Å². The minimum absolute atomic E-state index is 0.244. The maximum Gasteiger partial charge on any atom is 0.255 e. The molecule has 4 rings (SSSR count). The summed E-state index contributed by atoms with van der Waals surface area (Å²) in [7, 11) is 1.57. The number of amides is 1. The fourth-order valence-electron chi connectivity index (χ4n) is 3.60. The van der Waals surface area contributed by atoms with Crippen LogP contribution in [0.4, 0.5) is 11.6 Å². The summed E-state index contributed by atoms with van der Waals surface area (Å²) < 4.78 is 12.8. The highest BCUT2D eigenvalue weighted by Gasteiger charge is 2.33. The van der Waals surface area contributed by atoms with Gasteiger partial charge in [0, 0.05) is 5.70 Å². The number of rotatable bonds is 7. The molecule has 2 N–H and O–H groups in total. The lowest BCUT2D eigenvalue weighted by Gasteiger charge is -2.29. The molecule has 2 aromatic carbocycles. The molecule has 1 amide bonds. The van der Waals surface area contributed by atoms with Crippen molar-refractivity contribution in [3.63, 3.8) is 0 Å². The summed E-state index contributed by atoms with van der Waals surface area (Å²) in [6.45, 7) is 4.59. The Labute approximate surface area is 180 Å². The molecule has 0 bridgehead atoms. The predicted molar refractivity (Wildman–Crippen MR) is 118 cm³/mol. The van der Waals surface area contributed by atoms with Gasteiger partial charge in [0.05, 0.1) is 25.0 Å². The smallest absolute Gasteiger partial charge is 0.255 e. The molecule has 8 heteroatoms. The average Bonchev–Trinajstić information content (AvgIpc) is 3.25. The van der Waals surface area contributed by atoms with E-state index in [4.69, 9.17) is 9.47 Å². The largest absolute Gasteiger partial charge is 0.495 e. The van der Waals surface area contributed by atoms with Gasteiger partial charge >= 0.3 is 0 Å². The summed E-state index contributed by atoms with van der Waals surface area (Å²) in [4.78, 5) is 17.7. The van der Waals surface area contributed by atoms with E-state index in [9.17, 15) is 4.79 Å². The number of anilines is 2. The van der Waals surface area contributed by atoms with E-state index in [2.05, 4.69) is 27.6 Å². The number of hydrogen-bond acceptors (Lipinski definition) is 6. The molecule has 0 spiro atoms. The fourth-order valence-corrected chi connectivity index (χ4v) is 3.60. The molecule has 1 aliphatic rings. The van der Waals surface area contributed by atoms with Gasteiger partial charge in [-0.05, 0) is 43.2 Å². The van der Waals surface area contributed by atoms with Crippen LogP contribution in [0, 0.1) is 0 Å². The molecule has 0 aliphatic carbocycles. The number of fused-ring (bicyclic) bond motifs is 1. The van der Waals surface area contributed by atoms with E-state index in [0.29, 0.717) is 35.3 Å². The van der Waals surface area contributed by atoms with Gasteiger partial charge in [0.1, 0.15) is 23.9 Å². The van der Waals surface area contributed by atoms with Crippen molar-refractivity contribution in [1.29, 1.82) is 0 Å². The number of para-hydroxylation sites is 2. The second-order valence-electron chi connectivity index (χ2n) is 7.17. The van der Waals surface area contributed by atoms with E-state index in [1.807, 2.05) is 43.3 Å². The Morgan fingerprint density at radius 2 is 1.97 bits per heavy atom. The standard InChI is InChI=1S/C23H25N5O3/c1-4-13-31-17-11-9-16(10-12-17)21-20(15(2)26-23-24-14-25-28(21)23)22(29)27-18-7-5-6-8-19(18)30-3/h5-12,14,21H,4,13H2,1-3H3,(H,27,29)(H,24,25,26). The van der Waals surface area contributed by atoms with Gasteiger partial charge in [0.2, 0.25) is 5.95 Å². The van der Waals surface area contributed by atoms with Crippen LogP contribution in [0.25, 0.3) is 0 Å². The van der Waals surface area contributed by atoms with E-state index < -0.39 is 6.04 Å². The number of allylic oxidation sites excluding steroid dienone is 1. The first-order valence-electron chi connectivity index (χ1n) is 10.2. The van der Waals surface area contributed by atoms with Crippen molar-refractivity contribution >= 4 is 17.5 Å². The Balaban J connectivity index is 1.70. The van der Waals surface area contributed by atoms with Crippen molar-refractivity contribution in [1.82, 2.24) is 14.8 Å². The number of ether oxygens (including phenoxy) is 2. The van der Waals surface area contributed by atoms with Gasteiger partial charge in [-0.1, -0.05) is 31.2 Å². The Kier molecular flexibility index (Phi) is 5.88. The Morgan fingerprint density at radius 3 is 2.71 bits per heavy atom. The van der Waals surface area contributed by atoms with Gasteiger partial charge in [-0.3, -0.25) is 4.79 Å². The molecule has 1 atom stereocenters. The fraction of sp³-hybridized carbons (Fsp3) is 0.261. The third-order valence-electron chi connectivity index (χ3n) is 5.06. The second kappa shape index (κ2) is 8.91. The number of aromatic nitrogens is 3. The highest BCUT2D eigenvalue weighted by atomic mass is 16.5. The van der Waals surface area contributed by atoms with Crippen LogP contribution in [-0.2, 0) is 4.79 Å². The number of nitrogens with zero attached hydrogens (tertiary/aromatic N) is 3. The van der Waals surface area contributed by atoms with Gasteiger partial charge in [-0.25, -0.2) is 4.68 Å². The first kappa shape index (κ1) is 20.5. The van der Waals surface area contributed by atoms with E-state index >= 15 is 0 Å². The molecule has 0 saturated heterocycles. The minimum Gasteiger partial charge on any atom is -0.495 e. The van der Waals surface area contributed by atoms with Crippen molar-refractivity contribution < 1.29 is 14.3 Å². The molecular formula is C23H25N5O3. The van der Waals surface area contributed by atoms with Crippen LogP contribution in [0.3, 0.4) is 0 Å². The quantitative estimate of drug-likeness (QED) is 0.602. The maximum atomic E-state index is 13.4. The Bertz CT molecular complexity index is 1100. The van der Waals surface area contributed by atoms with E-state index in [-0.39, 0.29) is 5.91 Å². The average molecular weight is 419 g/mol. The summed E-state index contributed by atoms with van der Waals surface area (Å²) in [5, 5.41) is 10.5.